The van der Waals surface area contributed by atoms with Gasteiger partial charge in [-0.15, -0.1) is 0 Å². The molecule has 6 atom stereocenters. The van der Waals surface area contributed by atoms with E-state index in [2.05, 4.69) is 26.6 Å². The summed E-state index contributed by atoms with van der Waals surface area (Å²) in [5, 5.41) is 13.0. The van der Waals surface area contributed by atoms with Crippen LogP contribution >= 0.6 is 23.5 Å². The van der Waals surface area contributed by atoms with Crippen LogP contribution in [-0.4, -0.2) is 96.2 Å². The predicted octanol–water partition coefficient (Wildman–Crippen LogP) is -0.331. The second-order valence-corrected chi connectivity index (χ2v) is 12.7. The fourth-order valence-corrected chi connectivity index (χ4v) is 5.02. The minimum absolute atomic E-state index is 0.0658. The van der Waals surface area contributed by atoms with Gasteiger partial charge in [0.2, 0.25) is 35.4 Å². The number of carbonyl (C=O) groups is 6. The molecule has 15 heteroatoms. The molecule has 0 aromatic heterocycles. The lowest BCUT2D eigenvalue weighted by Gasteiger charge is -2.25. The molecule has 0 fully saturated rings. The summed E-state index contributed by atoms with van der Waals surface area (Å²) in [4.78, 5) is 76.4. The van der Waals surface area contributed by atoms with Crippen LogP contribution in [0.2, 0.25) is 0 Å². The lowest BCUT2D eigenvalue weighted by molar-refractivity contribution is -0.134. The quantitative estimate of drug-likeness (QED) is 0.0913. The van der Waals surface area contributed by atoms with Gasteiger partial charge < -0.3 is 38.1 Å². The van der Waals surface area contributed by atoms with E-state index in [4.69, 9.17) is 11.5 Å². The van der Waals surface area contributed by atoms with Gasteiger partial charge in [-0.3, -0.25) is 28.8 Å². The zero-order valence-electron chi connectivity index (χ0n) is 26.7. The Morgan fingerprint density at radius 3 is 1.87 bits per heavy atom. The van der Waals surface area contributed by atoms with E-state index in [-0.39, 0.29) is 25.3 Å². The highest BCUT2D eigenvalue weighted by Gasteiger charge is 2.29. The molecular weight excluding hydrogens is 619 g/mol. The fraction of sp³-hybridized carbons (Fsp3) is 0.600. The summed E-state index contributed by atoms with van der Waals surface area (Å²) in [6.07, 6.45) is 5.16. The summed E-state index contributed by atoms with van der Waals surface area (Å²) in [7, 11) is 0. The second-order valence-electron chi connectivity index (χ2n) is 10.8. The van der Waals surface area contributed by atoms with Crippen molar-refractivity contribution in [3.05, 3.63) is 35.9 Å². The van der Waals surface area contributed by atoms with Crippen LogP contribution < -0.4 is 38.1 Å². The smallest absolute Gasteiger partial charge is 0.243 e. The molecule has 13 nitrogen and oxygen atoms in total. The van der Waals surface area contributed by atoms with E-state index in [1.165, 1.54) is 30.4 Å². The van der Waals surface area contributed by atoms with Crippen LogP contribution in [0, 0.1) is 5.92 Å². The summed E-state index contributed by atoms with van der Waals surface area (Å²) >= 11 is 2.98. The number of primary amides is 1. The number of rotatable bonds is 21. The highest BCUT2D eigenvalue weighted by atomic mass is 32.2. The number of thioether (sulfide) groups is 2. The first-order chi connectivity index (χ1) is 21.3. The van der Waals surface area contributed by atoms with Gasteiger partial charge in [0.25, 0.3) is 0 Å². The van der Waals surface area contributed by atoms with Crippen molar-refractivity contribution < 1.29 is 28.8 Å². The van der Waals surface area contributed by atoms with Crippen molar-refractivity contribution in [2.45, 2.75) is 76.7 Å². The van der Waals surface area contributed by atoms with Gasteiger partial charge in [0.15, 0.2) is 0 Å². The fourth-order valence-electron chi connectivity index (χ4n) is 4.08. The van der Waals surface area contributed by atoms with Crippen LogP contribution in [0.15, 0.2) is 30.3 Å². The van der Waals surface area contributed by atoms with Crippen molar-refractivity contribution in [2.24, 2.45) is 17.4 Å². The zero-order chi connectivity index (χ0) is 33.9. The third-order valence-electron chi connectivity index (χ3n) is 7.18. The van der Waals surface area contributed by atoms with Crippen LogP contribution in [-0.2, 0) is 35.2 Å². The molecule has 0 aliphatic heterocycles. The van der Waals surface area contributed by atoms with E-state index < -0.39 is 65.7 Å². The van der Waals surface area contributed by atoms with Gasteiger partial charge in [0.05, 0.1) is 12.6 Å². The first-order valence-corrected chi connectivity index (χ1v) is 17.7. The van der Waals surface area contributed by atoms with Crippen molar-refractivity contribution >= 4 is 59.0 Å². The molecule has 0 heterocycles. The molecule has 252 valence electrons. The second kappa shape index (κ2) is 21.4. The maximum absolute atomic E-state index is 13.2. The SMILES string of the molecule is CC[C@H](C)[C@H](N)C(=O)NCC(=O)N[C@@H](CCSC)C(=O)N[C@@H](C)C(=O)N[C@@H](Cc1ccccc1)C(=O)N[C@@H](CCSC)C(N)=O. The van der Waals surface area contributed by atoms with Gasteiger partial charge in [-0.05, 0) is 55.3 Å². The number of nitrogens with one attached hydrogen (secondary N) is 5. The number of benzene rings is 1. The Morgan fingerprint density at radius 2 is 1.31 bits per heavy atom. The van der Waals surface area contributed by atoms with Crippen LogP contribution in [0.5, 0.6) is 0 Å². The molecule has 1 rings (SSSR count). The zero-order valence-corrected chi connectivity index (χ0v) is 28.4. The number of nitrogens with two attached hydrogens (primary N) is 2. The minimum atomic E-state index is -1.08. The Labute approximate surface area is 274 Å². The standard InChI is InChI=1S/C30H49N7O6S2/c1-6-18(2)25(31)30(43)33-17-24(38)35-22(13-15-45-5)28(41)34-19(3)27(40)37-23(16-20-10-8-7-9-11-20)29(42)36-21(26(32)39)12-14-44-4/h7-11,18-19,21-23,25H,6,12-17,31H2,1-5H3,(H2,32,39)(H,33,43)(H,34,41)(H,35,38)(H,36,42)(H,37,40)/t18-,19-,21-,22-,23-,25-/m0/s1. The average molecular weight is 668 g/mol. The number of hydrogen-bond donors (Lipinski definition) is 7. The summed E-state index contributed by atoms with van der Waals surface area (Å²) < 4.78 is 0. The molecule has 6 amide bonds. The van der Waals surface area contributed by atoms with Gasteiger partial charge >= 0.3 is 0 Å². The van der Waals surface area contributed by atoms with Crippen molar-refractivity contribution in [1.82, 2.24) is 26.6 Å². The van der Waals surface area contributed by atoms with Gasteiger partial charge in [0.1, 0.15) is 24.2 Å². The summed E-state index contributed by atoms with van der Waals surface area (Å²) in [5.41, 5.74) is 12.2. The van der Waals surface area contributed by atoms with Crippen molar-refractivity contribution in [1.29, 1.82) is 0 Å². The molecule has 0 bridgehead atoms. The molecule has 0 radical (unpaired) electrons. The van der Waals surface area contributed by atoms with Crippen molar-refractivity contribution in [3.63, 3.8) is 0 Å². The Balaban J connectivity index is 2.93. The topological polar surface area (TPSA) is 215 Å². The van der Waals surface area contributed by atoms with Gasteiger partial charge in [-0.1, -0.05) is 50.6 Å². The van der Waals surface area contributed by atoms with Crippen LogP contribution in [0.1, 0.15) is 45.6 Å². The highest BCUT2D eigenvalue weighted by Crippen LogP contribution is 2.08. The van der Waals surface area contributed by atoms with Crippen LogP contribution in [0.25, 0.3) is 0 Å². The molecule has 1 aromatic carbocycles. The van der Waals surface area contributed by atoms with Crippen LogP contribution in [0.3, 0.4) is 0 Å². The van der Waals surface area contributed by atoms with E-state index >= 15 is 0 Å². The maximum Gasteiger partial charge on any atom is 0.243 e. The van der Waals surface area contributed by atoms with Gasteiger partial charge in [-0.2, -0.15) is 23.5 Å². The third kappa shape index (κ3) is 15.0. The summed E-state index contributed by atoms with van der Waals surface area (Å²) in [6, 6.07) is 4.24. The van der Waals surface area contributed by atoms with E-state index in [1.54, 1.807) is 24.3 Å². The van der Waals surface area contributed by atoms with Crippen LogP contribution in [0.4, 0.5) is 0 Å². The Kier molecular flexibility index (Phi) is 18.9. The molecule has 0 saturated heterocycles. The average Bonchev–Trinajstić information content (AvgIpc) is 3.02. The van der Waals surface area contributed by atoms with E-state index in [9.17, 15) is 28.8 Å². The monoisotopic (exact) mass is 667 g/mol. The molecule has 9 N–H and O–H groups in total. The number of hydrogen-bond acceptors (Lipinski definition) is 9. The van der Waals surface area contributed by atoms with Gasteiger partial charge in [0, 0.05) is 6.42 Å². The normalized spacial score (nSPS) is 14.9. The molecule has 0 unspecified atom stereocenters. The molecule has 0 aliphatic rings. The highest BCUT2D eigenvalue weighted by molar-refractivity contribution is 7.98. The molecule has 0 aliphatic carbocycles. The molecule has 1 aromatic rings. The van der Waals surface area contributed by atoms with E-state index in [0.717, 1.165) is 5.56 Å². The van der Waals surface area contributed by atoms with Crippen molar-refractivity contribution in [3.8, 4) is 0 Å². The maximum atomic E-state index is 13.2. The van der Waals surface area contributed by atoms with Crippen molar-refractivity contribution in [2.75, 3.05) is 30.6 Å². The Hall–Kier alpha value is -3.30. The molecular formula is C30H49N7O6S2. The minimum Gasteiger partial charge on any atom is -0.368 e. The van der Waals surface area contributed by atoms with Gasteiger partial charge in [-0.25, -0.2) is 0 Å². The van der Waals surface area contributed by atoms with E-state index in [0.29, 0.717) is 24.3 Å². The summed E-state index contributed by atoms with van der Waals surface area (Å²) in [5.74, 6) is -2.48. The number of amides is 6. The Morgan fingerprint density at radius 1 is 0.756 bits per heavy atom. The third-order valence-corrected chi connectivity index (χ3v) is 8.47. The number of carbonyl (C=O) groups excluding carboxylic acids is 6. The lowest BCUT2D eigenvalue weighted by atomic mass is 9.99. The first-order valence-electron chi connectivity index (χ1n) is 14.9. The Bertz CT molecular complexity index is 1130. The predicted molar refractivity (Wildman–Crippen MR) is 179 cm³/mol. The first kappa shape index (κ1) is 39.7. The molecule has 45 heavy (non-hydrogen) atoms. The molecule has 0 saturated carbocycles. The lowest BCUT2D eigenvalue weighted by Crippen LogP contribution is -2.58. The van der Waals surface area contributed by atoms with E-state index in [1.807, 2.05) is 32.4 Å². The summed E-state index contributed by atoms with van der Waals surface area (Å²) in [6.45, 7) is 4.85. The largest absolute Gasteiger partial charge is 0.368 e. The molecule has 0 spiro atoms.